The van der Waals surface area contributed by atoms with Crippen LogP contribution in [0.5, 0.6) is 5.75 Å². The fourth-order valence-corrected chi connectivity index (χ4v) is 3.29. The van der Waals surface area contributed by atoms with Crippen LogP contribution in [0.15, 0.2) is 53.4 Å². The fraction of sp³-hybridized carbons (Fsp3) is 0.238. The number of fused-ring (bicyclic) bond motifs is 1. The standard InChI is InChI=1S/C21H21FN2OS/c1-25-21-15-18(26-2)9-10-19(21)23-12-5-7-17-14-16-6-3-4-8-20(16)24(17)13-11-22/h3-4,6,8-10,14-15,23H,11-13H2,1-2H3. The van der Waals surface area contributed by atoms with E-state index in [0.29, 0.717) is 13.1 Å². The van der Waals surface area contributed by atoms with E-state index in [-0.39, 0.29) is 0 Å². The van der Waals surface area contributed by atoms with Gasteiger partial charge in [0, 0.05) is 15.8 Å². The molecule has 1 heterocycles. The Balaban J connectivity index is 1.77. The number of rotatable bonds is 6. The average molecular weight is 368 g/mol. The van der Waals surface area contributed by atoms with E-state index in [2.05, 4.69) is 17.2 Å². The second kappa shape index (κ2) is 8.68. The molecule has 0 aliphatic carbocycles. The molecule has 0 unspecified atom stereocenters. The minimum atomic E-state index is -0.412. The van der Waals surface area contributed by atoms with Crippen molar-refractivity contribution in [1.29, 1.82) is 0 Å². The van der Waals surface area contributed by atoms with E-state index < -0.39 is 6.67 Å². The van der Waals surface area contributed by atoms with Crippen LogP contribution in [0.25, 0.3) is 10.9 Å². The van der Waals surface area contributed by atoms with Crippen molar-refractivity contribution >= 4 is 28.4 Å². The highest BCUT2D eigenvalue weighted by Gasteiger charge is 2.06. The van der Waals surface area contributed by atoms with E-state index in [1.807, 2.05) is 59.4 Å². The number of hydrogen-bond donors (Lipinski definition) is 1. The summed E-state index contributed by atoms with van der Waals surface area (Å²) < 4.78 is 20.3. The smallest absolute Gasteiger partial charge is 0.143 e. The van der Waals surface area contributed by atoms with Crippen molar-refractivity contribution in [3.8, 4) is 17.6 Å². The predicted octanol–water partition coefficient (Wildman–Crippen LogP) is 4.80. The molecule has 1 aromatic heterocycles. The molecule has 0 radical (unpaired) electrons. The third-order valence-electron chi connectivity index (χ3n) is 4.11. The van der Waals surface area contributed by atoms with Crippen molar-refractivity contribution in [1.82, 2.24) is 4.57 Å². The molecule has 0 saturated heterocycles. The first-order valence-corrected chi connectivity index (χ1v) is 9.58. The summed E-state index contributed by atoms with van der Waals surface area (Å²) in [6.45, 7) is 0.381. The highest BCUT2D eigenvalue weighted by molar-refractivity contribution is 7.98. The lowest BCUT2D eigenvalue weighted by molar-refractivity contribution is 0.415. The second-order valence-corrected chi connectivity index (χ2v) is 6.53. The van der Waals surface area contributed by atoms with Crippen LogP contribution in [0.3, 0.4) is 0 Å². The van der Waals surface area contributed by atoms with E-state index in [9.17, 15) is 4.39 Å². The minimum Gasteiger partial charge on any atom is -0.495 e. The number of methoxy groups -OCH3 is 1. The van der Waals surface area contributed by atoms with Gasteiger partial charge in [-0.15, -0.1) is 11.8 Å². The first kappa shape index (κ1) is 18.2. The van der Waals surface area contributed by atoms with Gasteiger partial charge in [0.2, 0.25) is 0 Å². The van der Waals surface area contributed by atoms with Gasteiger partial charge in [0.25, 0.3) is 0 Å². The lowest BCUT2D eigenvalue weighted by Gasteiger charge is -2.10. The molecule has 0 bridgehead atoms. The number of benzene rings is 2. The average Bonchev–Trinajstić information content (AvgIpc) is 3.03. The Morgan fingerprint density at radius 2 is 2.04 bits per heavy atom. The second-order valence-electron chi connectivity index (χ2n) is 5.65. The van der Waals surface area contributed by atoms with Crippen molar-refractivity contribution in [3.05, 3.63) is 54.2 Å². The maximum absolute atomic E-state index is 12.9. The zero-order valence-corrected chi connectivity index (χ0v) is 15.7. The van der Waals surface area contributed by atoms with Crippen LogP contribution >= 0.6 is 11.8 Å². The molecular weight excluding hydrogens is 347 g/mol. The minimum absolute atomic E-state index is 0.314. The molecule has 0 saturated carbocycles. The lowest BCUT2D eigenvalue weighted by Crippen LogP contribution is -2.03. The van der Waals surface area contributed by atoms with Gasteiger partial charge < -0.3 is 14.6 Å². The third-order valence-corrected chi connectivity index (χ3v) is 4.84. The van der Waals surface area contributed by atoms with Crippen LogP contribution in [0.2, 0.25) is 0 Å². The molecule has 0 aliphatic heterocycles. The molecule has 26 heavy (non-hydrogen) atoms. The van der Waals surface area contributed by atoms with Crippen molar-refractivity contribution in [3.63, 3.8) is 0 Å². The lowest BCUT2D eigenvalue weighted by atomic mass is 10.2. The van der Waals surface area contributed by atoms with Gasteiger partial charge in [-0.1, -0.05) is 24.1 Å². The van der Waals surface area contributed by atoms with Crippen molar-refractivity contribution in [2.75, 3.05) is 31.9 Å². The van der Waals surface area contributed by atoms with E-state index >= 15 is 0 Å². The Morgan fingerprint density at radius 3 is 2.81 bits per heavy atom. The van der Waals surface area contributed by atoms with Gasteiger partial charge in [-0.25, -0.2) is 4.39 Å². The molecule has 0 aliphatic rings. The van der Waals surface area contributed by atoms with Crippen LogP contribution in [0.1, 0.15) is 5.69 Å². The predicted molar refractivity (Wildman–Crippen MR) is 108 cm³/mol. The summed E-state index contributed by atoms with van der Waals surface area (Å²) in [6.07, 6.45) is 2.03. The molecule has 0 spiro atoms. The number of nitrogens with one attached hydrogen (secondary N) is 1. The molecule has 3 nitrogen and oxygen atoms in total. The molecule has 0 atom stereocenters. The maximum atomic E-state index is 12.9. The third kappa shape index (κ3) is 3.97. The number of ether oxygens (including phenoxy) is 1. The van der Waals surface area contributed by atoms with E-state index in [1.165, 1.54) is 0 Å². The Hall–Kier alpha value is -2.58. The number of para-hydroxylation sites is 1. The number of nitrogens with zero attached hydrogens (tertiary/aromatic N) is 1. The SMILES string of the molecule is COc1cc(SC)ccc1NCC#Cc1cc2ccccc2n1CCF. The number of aryl methyl sites for hydroxylation is 1. The summed E-state index contributed by atoms with van der Waals surface area (Å²) in [5.41, 5.74) is 2.75. The summed E-state index contributed by atoms with van der Waals surface area (Å²) in [7, 11) is 1.66. The molecule has 3 rings (SSSR count). The molecule has 3 aromatic rings. The first-order chi connectivity index (χ1) is 12.8. The number of aromatic nitrogens is 1. The van der Waals surface area contributed by atoms with Crippen LogP contribution in [-0.2, 0) is 6.54 Å². The highest BCUT2D eigenvalue weighted by atomic mass is 32.2. The van der Waals surface area contributed by atoms with Gasteiger partial charge in [-0.05, 0) is 42.5 Å². The Morgan fingerprint density at radius 1 is 1.19 bits per heavy atom. The number of thioether (sulfide) groups is 1. The quantitative estimate of drug-likeness (QED) is 0.500. The summed E-state index contributed by atoms with van der Waals surface area (Å²) in [5.74, 6) is 7.08. The molecule has 2 aromatic carbocycles. The van der Waals surface area contributed by atoms with E-state index in [4.69, 9.17) is 4.74 Å². The number of hydrogen-bond acceptors (Lipinski definition) is 3. The van der Waals surface area contributed by atoms with Crippen LogP contribution in [-0.4, -0.2) is 31.2 Å². The van der Waals surface area contributed by atoms with Crippen LogP contribution in [0, 0.1) is 11.8 Å². The molecule has 1 N–H and O–H groups in total. The number of halogens is 1. The number of alkyl halides is 1. The summed E-state index contributed by atoms with van der Waals surface area (Å²) in [6, 6.07) is 16.0. The Kier molecular flexibility index (Phi) is 6.08. The van der Waals surface area contributed by atoms with Crippen LogP contribution in [0.4, 0.5) is 10.1 Å². The summed E-state index contributed by atoms with van der Waals surface area (Å²) >= 11 is 1.67. The first-order valence-electron chi connectivity index (χ1n) is 8.36. The summed E-state index contributed by atoms with van der Waals surface area (Å²) in [4.78, 5) is 1.15. The van der Waals surface area contributed by atoms with Gasteiger partial charge in [0.1, 0.15) is 12.4 Å². The van der Waals surface area contributed by atoms with Gasteiger partial charge in [0.05, 0.1) is 31.6 Å². The largest absolute Gasteiger partial charge is 0.495 e. The molecular formula is C21H21FN2OS. The van der Waals surface area contributed by atoms with Gasteiger partial charge in [0.15, 0.2) is 0 Å². The van der Waals surface area contributed by atoms with Gasteiger partial charge >= 0.3 is 0 Å². The van der Waals surface area contributed by atoms with Crippen molar-refractivity contribution < 1.29 is 9.13 Å². The molecule has 5 heteroatoms. The van der Waals surface area contributed by atoms with E-state index in [1.54, 1.807) is 18.9 Å². The monoisotopic (exact) mass is 368 g/mol. The topological polar surface area (TPSA) is 26.2 Å². The van der Waals surface area contributed by atoms with Gasteiger partial charge in [-0.2, -0.15) is 0 Å². The fourth-order valence-electron chi connectivity index (χ4n) is 2.86. The zero-order valence-electron chi connectivity index (χ0n) is 14.9. The Bertz CT molecular complexity index is 956. The Labute approximate surface area is 157 Å². The maximum Gasteiger partial charge on any atom is 0.143 e. The van der Waals surface area contributed by atoms with Crippen molar-refractivity contribution in [2.24, 2.45) is 0 Å². The molecule has 134 valence electrons. The van der Waals surface area contributed by atoms with Crippen LogP contribution < -0.4 is 10.1 Å². The van der Waals surface area contributed by atoms with E-state index in [0.717, 1.165) is 32.9 Å². The molecule has 0 amide bonds. The normalized spacial score (nSPS) is 10.4. The summed E-state index contributed by atoms with van der Waals surface area (Å²) in [5, 5.41) is 4.36. The highest BCUT2D eigenvalue weighted by Crippen LogP contribution is 2.29. The van der Waals surface area contributed by atoms with Gasteiger partial charge in [-0.3, -0.25) is 0 Å². The molecule has 0 fully saturated rings. The zero-order chi connectivity index (χ0) is 18.4. The number of anilines is 1. The van der Waals surface area contributed by atoms with Crippen molar-refractivity contribution in [2.45, 2.75) is 11.4 Å².